The molecule has 1 aliphatic heterocycles. The Morgan fingerprint density at radius 1 is 1.14 bits per heavy atom. The van der Waals surface area contributed by atoms with Crippen LogP contribution < -0.4 is 15.5 Å². The largest absolute Gasteiger partial charge is 0.378 e. The summed E-state index contributed by atoms with van der Waals surface area (Å²) in [6.07, 6.45) is 0. The van der Waals surface area contributed by atoms with E-state index < -0.39 is 0 Å². The Hall–Kier alpha value is -2.05. The predicted molar refractivity (Wildman–Crippen MR) is 120 cm³/mol. The zero-order chi connectivity index (χ0) is 19.8. The van der Waals surface area contributed by atoms with Crippen LogP contribution in [0.3, 0.4) is 0 Å². The SMILES string of the molecule is CCNC(=NCc1ccccc1N1CCOCC1)NCC(C)(C)c1cccs1. The first-order chi connectivity index (χ1) is 13.6. The molecule has 0 atom stereocenters. The molecule has 3 rings (SSSR count). The van der Waals surface area contributed by atoms with Crippen molar-refractivity contribution in [2.24, 2.45) is 4.99 Å². The number of anilines is 1. The zero-order valence-corrected chi connectivity index (χ0v) is 18.0. The summed E-state index contributed by atoms with van der Waals surface area (Å²) in [4.78, 5) is 8.64. The van der Waals surface area contributed by atoms with Gasteiger partial charge < -0.3 is 20.3 Å². The first-order valence-corrected chi connectivity index (χ1v) is 10.9. The molecule has 5 nitrogen and oxygen atoms in total. The minimum absolute atomic E-state index is 0.0655. The number of thiophene rings is 1. The molecule has 0 radical (unpaired) electrons. The van der Waals surface area contributed by atoms with Crippen LogP contribution in [0.1, 0.15) is 31.2 Å². The minimum atomic E-state index is 0.0655. The van der Waals surface area contributed by atoms with E-state index in [0.29, 0.717) is 6.54 Å². The number of benzene rings is 1. The second-order valence-electron chi connectivity index (χ2n) is 7.64. The molecule has 0 bridgehead atoms. The second kappa shape index (κ2) is 9.94. The van der Waals surface area contributed by atoms with Crippen molar-refractivity contribution in [3.8, 4) is 0 Å². The first-order valence-electron chi connectivity index (χ1n) is 10.1. The number of para-hydroxylation sites is 1. The highest BCUT2D eigenvalue weighted by atomic mass is 32.1. The van der Waals surface area contributed by atoms with Gasteiger partial charge in [0.25, 0.3) is 0 Å². The van der Waals surface area contributed by atoms with Crippen LogP contribution in [0.4, 0.5) is 5.69 Å². The van der Waals surface area contributed by atoms with Gasteiger partial charge in [0.1, 0.15) is 0 Å². The monoisotopic (exact) mass is 400 g/mol. The van der Waals surface area contributed by atoms with Gasteiger partial charge in [-0.15, -0.1) is 11.3 Å². The van der Waals surface area contributed by atoms with Crippen LogP contribution in [-0.2, 0) is 16.7 Å². The normalized spacial score (nSPS) is 15.5. The maximum absolute atomic E-state index is 5.50. The van der Waals surface area contributed by atoms with Gasteiger partial charge in [-0.25, -0.2) is 4.99 Å². The van der Waals surface area contributed by atoms with Crippen LogP contribution in [0, 0.1) is 0 Å². The number of guanidine groups is 1. The van der Waals surface area contributed by atoms with Gasteiger partial charge in [-0.05, 0) is 30.0 Å². The summed E-state index contributed by atoms with van der Waals surface area (Å²) < 4.78 is 5.50. The molecule has 1 aromatic carbocycles. The van der Waals surface area contributed by atoms with Gasteiger partial charge in [0.2, 0.25) is 0 Å². The van der Waals surface area contributed by atoms with E-state index >= 15 is 0 Å². The maximum Gasteiger partial charge on any atom is 0.191 e. The lowest BCUT2D eigenvalue weighted by Gasteiger charge is -2.30. The van der Waals surface area contributed by atoms with Crippen molar-refractivity contribution in [2.75, 3.05) is 44.3 Å². The van der Waals surface area contributed by atoms with Gasteiger partial charge in [0.15, 0.2) is 5.96 Å². The first kappa shape index (κ1) is 20.7. The van der Waals surface area contributed by atoms with E-state index in [1.807, 2.05) is 0 Å². The molecule has 0 spiro atoms. The molecule has 1 fully saturated rings. The molecule has 1 saturated heterocycles. The molecule has 2 aromatic rings. The highest BCUT2D eigenvalue weighted by Crippen LogP contribution is 2.26. The molecule has 6 heteroatoms. The van der Waals surface area contributed by atoms with Crippen molar-refractivity contribution in [3.63, 3.8) is 0 Å². The highest BCUT2D eigenvalue weighted by molar-refractivity contribution is 7.10. The number of morpholine rings is 1. The minimum Gasteiger partial charge on any atom is -0.378 e. The van der Waals surface area contributed by atoms with Crippen molar-refractivity contribution < 1.29 is 4.74 Å². The standard InChI is InChI=1S/C22H32N4OS/c1-4-23-21(25-17-22(2,3)20-10-7-15-28-20)24-16-18-8-5-6-9-19(18)26-11-13-27-14-12-26/h5-10,15H,4,11-14,16-17H2,1-3H3,(H2,23,24,25). The zero-order valence-electron chi connectivity index (χ0n) is 17.2. The fourth-order valence-corrected chi connectivity index (χ4v) is 4.17. The van der Waals surface area contributed by atoms with Crippen LogP contribution in [0.2, 0.25) is 0 Å². The number of hydrogen-bond donors (Lipinski definition) is 2. The van der Waals surface area contributed by atoms with Crippen LogP contribution in [-0.4, -0.2) is 45.4 Å². The van der Waals surface area contributed by atoms with E-state index in [0.717, 1.165) is 45.4 Å². The quantitative estimate of drug-likeness (QED) is 0.551. The third-order valence-corrected chi connectivity index (χ3v) is 6.22. The molecule has 0 saturated carbocycles. The number of aliphatic imine (C=N–C) groups is 1. The third-order valence-electron chi connectivity index (χ3n) is 4.98. The van der Waals surface area contributed by atoms with Gasteiger partial charge in [-0.2, -0.15) is 0 Å². The smallest absolute Gasteiger partial charge is 0.191 e. The summed E-state index contributed by atoms with van der Waals surface area (Å²) in [5, 5.41) is 9.05. The molecule has 0 unspecified atom stereocenters. The lowest BCUT2D eigenvalue weighted by Crippen LogP contribution is -2.43. The van der Waals surface area contributed by atoms with E-state index in [1.54, 1.807) is 11.3 Å². The highest BCUT2D eigenvalue weighted by Gasteiger charge is 2.22. The Bertz CT molecular complexity index is 752. The van der Waals surface area contributed by atoms with Crippen molar-refractivity contribution in [1.82, 2.24) is 10.6 Å². The predicted octanol–water partition coefficient (Wildman–Crippen LogP) is 3.62. The average Bonchev–Trinajstić information content (AvgIpc) is 3.27. The molecule has 2 heterocycles. The van der Waals surface area contributed by atoms with E-state index in [2.05, 4.69) is 78.1 Å². The number of nitrogens with one attached hydrogen (secondary N) is 2. The number of rotatable bonds is 7. The molecule has 0 aliphatic carbocycles. The fourth-order valence-electron chi connectivity index (χ4n) is 3.32. The maximum atomic E-state index is 5.50. The summed E-state index contributed by atoms with van der Waals surface area (Å²) in [5.74, 6) is 0.865. The van der Waals surface area contributed by atoms with Gasteiger partial charge in [-0.1, -0.05) is 38.1 Å². The molecular weight excluding hydrogens is 368 g/mol. The van der Waals surface area contributed by atoms with E-state index in [4.69, 9.17) is 9.73 Å². The molecule has 2 N–H and O–H groups in total. The van der Waals surface area contributed by atoms with Crippen LogP contribution in [0.15, 0.2) is 46.8 Å². The van der Waals surface area contributed by atoms with E-state index in [1.165, 1.54) is 16.1 Å². The van der Waals surface area contributed by atoms with Crippen molar-refractivity contribution in [3.05, 3.63) is 52.2 Å². The lowest BCUT2D eigenvalue weighted by molar-refractivity contribution is 0.122. The Labute approximate surface area is 172 Å². The Morgan fingerprint density at radius 3 is 2.64 bits per heavy atom. The summed E-state index contributed by atoms with van der Waals surface area (Å²) >= 11 is 1.81. The summed E-state index contributed by atoms with van der Waals surface area (Å²) in [6.45, 7) is 12.4. The van der Waals surface area contributed by atoms with Crippen LogP contribution in [0.25, 0.3) is 0 Å². The van der Waals surface area contributed by atoms with Gasteiger partial charge in [-0.3, -0.25) is 0 Å². The summed E-state index contributed by atoms with van der Waals surface area (Å²) in [6, 6.07) is 12.9. The third kappa shape index (κ3) is 5.49. The second-order valence-corrected chi connectivity index (χ2v) is 8.59. The van der Waals surface area contributed by atoms with Crippen molar-refractivity contribution in [1.29, 1.82) is 0 Å². The molecule has 152 valence electrons. The van der Waals surface area contributed by atoms with E-state index in [9.17, 15) is 0 Å². The van der Waals surface area contributed by atoms with Gasteiger partial charge in [0, 0.05) is 42.2 Å². The average molecular weight is 401 g/mol. The van der Waals surface area contributed by atoms with Crippen LogP contribution >= 0.6 is 11.3 Å². The molecule has 28 heavy (non-hydrogen) atoms. The fraction of sp³-hybridized carbons (Fsp3) is 0.500. The molecule has 1 aromatic heterocycles. The lowest BCUT2D eigenvalue weighted by atomic mass is 9.91. The Kier molecular flexibility index (Phi) is 7.34. The number of ether oxygens (including phenoxy) is 1. The van der Waals surface area contributed by atoms with Crippen LogP contribution in [0.5, 0.6) is 0 Å². The summed E-state index contributed by atoms with van der Waals surface area (Å²) in [5.41, 5.74) is 2.58. The van der Waals surface area contributed by atoms with Gasteiger partial charge >= 0.3 is 0 Å². The van der Waals surface area contributed by atoms with Gasteiger partial charge in [0.05, 0.1) is 19.8 Å². The Balaban J connectivity index is 1.68. The molecular formula is C22H32N4OS. The Morgan fingerprint density at radius 2 is 1.93 bits per heavy atom. The number of hydrogen-bond acceptors (Lipinski definition) is 4. The topological polar surface area (TPSA) is 48.9 Å². The van der Waals surface area contributed by atoms with Crippen molar-refractivity contribution in [2.45, 2.75) is 32.7 Å². The summed E-state index contributed by atoms with van der Waals surface area (Å²) in [7, 11) is 0. The number of nitrogens with zero attached hydrogens (tertiary/aromatic N) is 2. The molecule has 1 aliphatic rings. The molecule has 0 amide bonds. The van der Waals surface area contributed by atoms with E-state index in [-0.39, 0.29) is 5.41 Å². The van der Waals surface area contributed by atoms with Crippen molar-refractivity contribution >= 4 is 23.0 Å².